The smallest absolute Gasteiger partial charge is 0.243 e. The summed E-state index contributed by atoms with van der Waals surface area (Å²) in [6.07, 6.45) is 1.90. The lowest BCUT2D eigenvalue weighted by atomic mass is 10.1. The molecule has 0 fully saturated rings. The molecule has 2 aromatic rings. The average Bonchev–Trinajstić information content (AvgIpc) is 2.38. The zero-order valence-electron chi connectivity index (χ0n) is 9.93. The maximum Gasteiger partial charge on any atom is 0.243 e. The van der Waals surface area contributed by atoms with Crippen molar-refractivity contribution in [3.05, 3.63) is 24.3 Å². The molecule has 1 aromatic carbocycles. The molecule has 3 N–H and O–H groups in total. The van der Waals surface area contributed by atoms with Crippen LogP contribution in [-0.4, -0.2) is 27.8 Å². The van der Waals surface area contributed by atoms with E-state index >= 15 is 0 Å². The Balaban J connectivity index is 2.18. The summed E-state index contributed by atoms with van der Waals surface area (Å²) in [5, 5.41) is 11.4. The van der Waals surface area contributed by atoms with Gasteiger partial charge in [0.15, 0.2) is 0 Å². The van der Waals surface area contributed by atoms with Gasteiger partial charge in [0.25, 0.3) is 0 Å². The fourth-order valence-electron chi connectivity index (χ4n) is 1.70. The number of hydrogen-bond donors (Lipinski definition) is 2. The molecule has 0 saturated heterocycles. The molecule has 0 aliphatic rings. The van der Waals surface area contributed by atoms with Gasteiger partial charge >= 0.3 is 0 Å². The van der Waals surface area contributed by atoms with Gasteiger partial charge in [-0.15, -0.1) is 10.2 Å². The van der Waals surface area contributed by atoms with Crippen LogP contribution in [0, 0.1) is 0 Å². The Morgan fingerprint density at radius 1 is 1.24 bits per heavy atom. The van der Waals surface area contributed by atoms with Crippen molar-refractivity contribution in [2.45, 2.75) is 25.8 Å². The molecule has 0 saturated carbocycles. The Labute approximate surface area is 100 Å². The second-order valence-electron chi connectivity index (χ2n) is 3.95. The van der Waals surface area contributed by atoms with Gasteiger partial charge in [-0.1, -0.05) is 19.1 Å². The molecule has 5 heteroatoms. The standard InChI is InChI=1S/C12H17N5/c1-2-9(7-8-13)14-12-15-10-5-3-4-6-11(10)16-17-12/h3-6,9H,2,7-8,13H2,1H3,(H,14,15,17). The van der Waals surface area contributed by atoms with Crippen LogP contribution >= 0.6 is 0 Å². The lowest BCUT2D eigenvalue weighted by molar-refractivity contribution is 0.635. The summed E-state index contributed by atoms with van der Waals surface area (Å²) in [5.74, 6) is 0.573. The Hall–Kier alpha value is -1.75. The van der Waals surface area contributed by atoms with Crippen LogP contribution in [0.2, 0.25) is 0 Å². The first kappa shape index (κ1) is 11.7. The number of aromatic nitrogens is 3. The zero-order chi connectivity index (χ0) is 12.1. The lowest BCUT2D eigenvalue weighted by Gasteiger charge is -2.15. The predicted octanol–water partition coefficient (Wildman–Crippen LogP) is 1.56. The highest BCUT2D eigenvalue weighted by Gasteiger charge is 2.07. The summed E-state index contributed by atoms with van der Waals surface area (Å²) in [5.41, 5.74) is 7.22. The van der Waals surface area contributed by atoms with Crippen LogP contribution in [0.15, 0.2) is 24.3 Å². The van der Waals surface area contributed by atoms with Crippen LogP contribution < -0.4 is 11.1 Å². The fraction of sp³-hybridized carbons (Fsp3) is 0.417. The zero-order valence-corrected chi connectivity index (χ0v) is 9.93. The molecule has 0 spiro atoms. The van der Waals surface area contributed by atoms with Gasteiger partial charge in [0.1, 0.15) is 5.52 Å². The van der Waals surface area contributed by atoms with Crippen molar-refractivity contribution >= 4 is 17.0 Å². The monoisotopic (exact) mass is 231 g/mol. The van der Waals surface area contributed by atoms with E-state index in [1.807, 2.05) is 24.3 Å². The highest BCUT2D eigenvalue weighted by atomic mass is 15.2. The molecular formula is C12H17N5. The Morgan fingerprint density at radius 3 is 2.71 bits per heavy atom. The highest BCUT2D eigenvalue weighted by molar-refractivity contribution is 5.74. The van der Waals surface area contributed by atoms with Crippen molar-refractivity contribution in [1.29, 1.82) is 0 Å². The maximum absolute atomic E-state index is 5.55. The van der Waals surface area contributed by atoms with E-state index in [4.69, 9.17) is 5.73 Å². The summed E-state index contributed by atoms with van der Waals surface area (Å²) >= 11 is 0. The first-order valence-electron chi connectivity index (χ1n) is 5.89. The minimum absolute atomic E-state index is 0.308. The number of nitrogens with two attached hydrogens (primary N) is 1. The molecule has 1 atom stereocenters. The number of fused-ring (bicyclic) bond motifs is 1. The van der Waals surface area contributed by atoms with Crippen LogP contribution in [0.3, 0.4) is 0 Å². The quantitative estimate of drug-likeness (QED) is 0.816. The summed E-state index contributed by atoms with van der Waals surface area (Å²) in [4.78, 5) is 4.42. The number of anilines is 1. The summed E-state index contributed by atoms with van der Waals surface area (Å²) in [6, 6.07) is 8.01. The molecule has 0 aliphatic heterocycles. The van der Waals surface area contributed by atoms with Gasteiger partial charge in [0, 0.05) is 6.04 Å². The number of para-hydroxylation sites is 1. The molecular weight excluding hydrogens is 214 g/mol. The average molecular weight is 231 g/mol. The maximum atomic E-state index is 5.55. The van der Waals surface area contributed by atoms with E-state index in [2.05, 4.69) is 27.4 Å². The molecule has 5 nitrogen and oxygen atoms in total. The highest BCUT2D eigenvalue weighted by Crippen LogP contribution is 2.10. The van der Waals surface area contributed by atoms with Crippen LogP contribution in [0.4, 0.5) is 5.95 Å². The molecule has 0 radical (unpaired) electrons. The summed E-state index contributed by atoms with van der Waals surface area (Å²) < 4.78 is 0. The fourth-order valence-corrected chi connectivity index (χ4v) is 1.70. The Morgan fingerprint density at radius 2 is 2.00 bits per heavy atom. The van der Waals surface area contributed by atoms with Crippen molar-refractivity contribution in [3.63, 3.8) is 0 Å². The van der Waals surface area contributed by atoms with Crippen LogP contribution in [0.25, 0.3) is 11.0 Å². The lowest BCUT2D eigenvalue weighted by Crippen LogP contribution is -2.23. The van der Waals surface area contributed by atoms with E-state index in [0.29, 0.717) is 18.5 Å². The Bertz CT molecular complexity index is 485. The second kappa shape index (κ2) is 5.54. The minimum Gasteiger partial charge on any atom is -0.350 e. The first-order chi connectivity index (χ1) is 8.33. The van der Waals surface area contributed by atoms with Crippen LogP contribution in [-0.2, 0) is 0 Å². The van der Waals surface area contributed by atoms with Crippen molar-refractivity contribution < 1.29 is 0 Å². The first-order valence-corrected chi connectivity index (χ1v) is 5.89. The molecule has 0 bridgehead atoms. The molecule has 1 heterocycles. The van der Waals surface area contributed by atoms with Gasteiger partial charge < -0.3 is 11.1 Å². The van der Waals surface area contributed by atoms with E-state index < -0.39 is 0 Å². The largest absolute Gasteiger partial charge is 0.350 e. The van der Waals surface area contributed by atoms with Gasteiger partial charge in [-0.25, -0.2) is 4.98 Å². The van der Waals surface area contributed by atoms with E-state index in [0.717, 1.165) is 23.9 Å². The van der Waals surface area contributed by atoms with Gasteiger partial charge in [-0.3, -0.25) is 0 Å². The third-order valence-corrected chi connectivity index (χ3v) is 2.70. The number of rotatable bonds is 5. The SMILES string of the molecule is CCC(CCN)Nc1nnc2ccccc2n1. The van der Waals surface area contributed by atoms with Gasteiger partial charge in [0.05, 0.1) is 5.52 Å². The Kier molecular flexibility index (Phi) is 3.82. The molecule has 2 rings (SSSR count). The summed E-state index contributed by atoms with van der Waals surface area (Å²) in [6.45, 7) is 2.77. The normalized spacial score (nSPS) is 12.6. The van der Waals surface area contributed by atoms with E-state index in [-0.39, 0.29) is 0 Å². The van der Waals surface area contributed by atoms with Gasteiger partial charge in [-0.2, -0.15) is 0 Å². The number of hydrogen-bond acceptors (Lipinski definition) is 5. The van der Waals surface area contributed by atoms with E-state index in [1.165, 1.54) is 0 Å². The van der Waals surface area contributed by atoms with Crippen LogP contribution in [0.5, 0.6) is 0 Å². The second-order valence-corrected chi connectivity index (χ2v) is 3.95. The third kappa shape index (κ3) is 2.88. The summed E-state index contributed by atoms with van der Waals surface area (Å²) in [7, 11) is 0. The molecule has 17 heavy (non-hydrogen) atoms. The van der Waals surface area contributed by atoms with Crippen molar-refractivity contribution in [2.75, 3.05) is 11.9 Å². The van der Waals surface area contributed by atoms with Crippen molar-refractivity contribution in [1.82, 2.24) is 15.2 Å². The molecule has 0 aliphatic carbocycles. The predicted molar refractivity (Wildman–Crippen MR) is 68.7 cm³/mol. The molecule has 1 unspecified atom stereocenters. The molecule has 90 valence electrons. The molecule has 0 amide bonds. The van der Waals surface area contributed by atoms with E-state index in [9.17, 15) is 0 Å². The minimum atomic E-state index is 0.308. The van der Waals surface area contributed by atoms with Crippen LogP contribution in [0.1, 0.15) is 19.8 Å². The van der Waals surface area contributed by atoms with Crippen molar-refractivity contribution in [2.24, 2.45) is 5.73 Å². The number of nitrogens with zero attached hydrogens (tertiary/aromatic N) is 3. The van der Waals surface area contributed by atoms with E-state index in [1.54, 1.807) is 0 Å². The molecule has 1 aromatic heterocycles. The van der Waals surface area contributed by atoms with Crippen molar-refractivity contribution in [3.8, 4) is 0 Å². The number of benzene rings is 1. The topological polar surface area (TPSA) is 76.7 Å². The van der Waals surface area contributed by atoms with Gasteiger partial charge in [0.2, 0.25) is 5.95 Å². The third-order valence-electron chi connectivity index (χ3n) is 2.70. The number of nitrogens with one attached hydrogen (secondary N) is 1. The van der Waals surface area contributed by atoms with Gasteiger partial charge in [-0.05, 0) is 31.5 Å².